The lowest BCUT2D eigenvalue weighted by atomic mass is 10.1. The molecule has 0 aliphatic heterocycles. The molecule has 94 valence electrons. The number of aromatic amines is 1. The molecule has 0 aliphatic carbocycles. The monoisotopic (exact) mass is 246 g/mol. The van der Waals surface area contributed by atoms with Crippen LogP contribution in [0.15, 0.2) is 24.3 Å². The summed E-state index contributed by atoms with van der Waals surface area (Å²) in [6.45, 7) is 1.80. The quantitative estimate of drug-likeness (QED) is 0.739. The first-order valence-corrected chi connectivity index (χ1v) is 5.53. The van der Waals surface area contributed by atoms with Gasteiger partial charge in [0.25, 0.3) is 5.91 Å². The van der Waals surface area contributed by atoms with Crippen LogP contribution < -0.4 is 10.6 Å². The number of amides is 1. The number of rotatable bonds is 4. The first-order valence-electron chi connectivity index (χ1n) is 5.53. The van der Waals surface area contributed by atoms with E-state index in [1.807, 2.05) is 18.2 Å². The maximum absolute atomic E-state index is 12.1. The summed E-state index contributed by atoms with van der Waals surface area (Å²) in [5.41, 5.74) is 1.35. The van der Waals surface area contributed by atoms with Gasteiger partial charge in [-0.05, 0) is 19.1 Å². The van der Waals surface area contributed by atoms with Crippen LogP contribution in [0.3, 0.4) is 0 Å². The highest BCUT2D eigenvalue weighted by Gasteiger charge is 2.16. The van der Waals surface area contributed by atoms with Crippen LogP contribution in [0.2, 0.25) is 0 Å². The minimum Gasteiger partial charge on any atom is -0.387 e. The van der Waals surface area contributed by atoms with Crippen LogP contribution in [0.25, 0.3) is 0 Å². The van der Waals surface area contributed by atoms with Crippen molar-refractivity contribution in [3.05, 3.63) is 35.7 Å². The highest BCUT2D eigenvalue weighted by molar-refractivity contribution is 5.99. The SMILES string of the molecule is CNc1ccccc1C(=O)NC(C)c1nn[nH]n1. The van der Waals surface area contributed by atoms with Crippen molar-refractivity contribution in [2.24, 2.45) is 0 Å². The fourth-order valence-corrected chi connectivity index (χ4v) is 1.59. The number of para-hydroxylation sites is 1. The van der Waals surface area contributed by atoms with E-state index in [1.54, 1.807) is 20.0 Å². The highest BCUT2D eigenvalue weighted by atomic mass is 16.1. The second kappa shape index (κ2) is 5.26. The third-order valence-corrected chi connectivity index (χ3v) is 2.54. The third-order valence-electron chi connectivity index (χ3n) is 2.54. The Morgan fingerprint density at radius 3 is 2.83 bits per heavy atom. The third kappa shape index (κ3) is 2.45. The summed E-state index contributed by atoms with van der Waals surface area (Å²) in [7, 11) is 1.77. The fourth-order valence-electron chi connectivity index (χ4n) is 1.59. The molecule has 1 atom stereocenters. The van der Waals surface area contributed by atoms with E-state index in [0.717, 1.165) is 5.69 Å². The smallest absolute Gasteiger partial charge is 0.253 e. The van der Waals surface area contributed by atoms with Gasteiger partial charge in [0.2, 0.25) is 0 Å². The number of carbonyl (C=O) groups is 1. The molecule has 7 nitrogen and oxygen atoms in total. The van der Waals surface area contributed by atoms with Crippen molar-refractivity contribution in [1.29, 1.82) is 0 Å². The molecule has 1 aromatic carbocycles. The summed E-state index contributed by atoms with van der Waals surface area (Å²) < 4.78 is 0. The van der Waals surface area contributed by atoms with Gasteiger partial charge in [-0.15, -0.1) is 10.2 Å². The van der Waals surface area contributed by atoms with Crippen LogP contribution in [-0.4, -0.2) is 33.6 Å². The zero-order chi connectivity index (χ0) is 13.0. The predicted octanol–water partition coefficient (Wildman–Crippen LogP) is 0.732. The second-order valence-corrected chi connectivity index (χ2v) is 3.76. The molecule has 0 spiro atoms. The number of nitrogens with one attached hydrogen (secondary N) is 3. The first-order chi connectivity index (χ1) is 8.72. The average Bonchev–Trinajstić information content (AvgIpc) is 2.92. The molecule has 7 heteroatoms. The molecule has 1 heterocycles. The lowest BCUT2D eigenvalue weighted by molar-refractivity contribution is 0.0939. The Morgan fingerprint density at radius 2 is 2.17 bits per heavy atom. The van der Waals surface area contributed by atoms with Crippen LogP contribution >= 0.6 is 0 Å². The van der Waals surface area contributed by atoms with Crippen LogP contribution in [0.4, 0.5) is 5.69 Å². The van der Waals surface area contributed by atoms with E-state index in [-0.39, 0.29) is 11.9 Å². The van der Waals surface area contributed by atoms with Gasteiger partial charge in [-0.1, -0.05) is 17.3 Å². The molecule has 0 fully saturated rings. The number of tetrazole rings is 1. The van der Waals surface area contributed by atoms with Crippen LogP contribution in [0, 0.1) is 0 Å². The lowest BCUT2D eigenvalue weighted by Gasteiger charge is -2.12. The van der Waals surface area contributed by atoms with E-state index in [4.69, 9.17) is 0 Å². The number of carbonyl (C=O) groups excluding carboxylic acids is 1. The normalized spacial score (nSPS) is 11.9. The maximum Gasteiger partial charge on any atom is 0.253 e. The fraction of sp³-hybridized carbons (Fsp3) is 0.273. The van der Waals surface area contributed by atoms with Gasteiger partial charge < -0.3 is 10.6 Å². The minimum absolute atomic E-state index is 0.183. The van der Waals surface area contributed by atoms with Gasteiger partial charge in [-0.2, -0.15) is 5.21 Å². The van der Waals surface area contributed by atoms with E-state index < -0.39 is 0 Å². The van der Waals surface area contributed by atoms with Crippen molar-refractivity contribution in [3.63, 3.8) is 0 Å². The standard InChI is InChI=1S/C11H14N6O/c1-7(10-14-16-17-15-10)13-11(18)8-5-3-4-6-9(8)12-2/h3-7,12H,1-2H3,(H,13,18)(H,14,15,16,17). The van der Waals surface area contributed by atoms with Crippen molar-refractivity contribution in [2.75, 3.05) is 12.4 Å². The first kappa shape index (κ1) is 12.0. The largest absolute Gasteiger partial charge is 0.387 e. The van der Waals surface area contributed by atoms with Gasteiger partial charge in [0, 0.05) is 12.7 Å². The van der Waals surface area contributed by atoms with Gasteiger partial charge >= 0.3 is 0 Å². The summed E-state index contributed by atoms with van der Waals surface area (Å²) in [6.07, 6.45) is 0. The Morgan fingerprint density at radius 1 is 1.39 bits per heavy atom. The summed E-state index contributed by atoms with van der Waals surface area (Å²) >= 11 is 0. The van der Waals surface area contributed by atoms with Gasteiger partial charge in [-0.25, -0.2) is 0 Å². The Hall–Kier alpha value is -2.44. The van der Waals surface area contributed by atoms with Crippen molar-refractivity contribution in [2.45, 2.75) is 13.0 Å². The molecule has 2 rings (SSSR count). The molecule has 1 amide bonds. The number of hydrogen-bond acceptors (Lipinski definition) is 5. The molecule has 0 saturated heterocycles. The molecule has 3 N–H and O–H groups in total. The van der Waals surface area contributed by atoms with Gasteiger partial charge in [-0.3, -0.25) is 4.79 Å². The number of nitrogens with zero attached hydrogens (tertiary/aromatic N) is 3. The number of hydrogen-bond donors (Lipinski definition) is 3. The molecule has 1 unspecified atom stereocenters. The average molecular weight is 246 g/mol. The Kier molecular flexibility index (Phi) is 3.52. The van der Waals surface area contributed by atoms with Crippen LogP contribution in [-0.2, 0) is 0 Å². The zero-order valence-electron chi connectivity index (χ0n) is 10.1. The van der Waals surface area contributed by atoms with E-state index >= 15 is 0 Å². The number of benzene rings is 1. The summed E-state index contributed by atoms with van der Waals surface area (Å²) in [4.78, 5) is 12.1. The Balaban J connectivity index is 2.12. The molecule has 2 aromatic rings. The van der Waals surface area contributed by atoms with Crippen molar-refractivity contribution in [3.8, 4) is 0 Å². The van der Waals surface area contributed by atoms with Crippen molar-refractivity contribution in [1.82, 2.24) is 25.9 Å². The van der Waals surface area contributed by atoms with E-state index in [2.05, 4.69) is 31.3 Å². The summed E-state index contributed by atoms with van der Waals surface area (Å²) in [6, 6.07) is 6.97. The lowest BCUT2D eigenvalue weighted by Crippen LogP contribution is -2.28. The Labute approximate surface area is 104 Å². The Bertz CT molecular complexity index is 524. The summed E-state index contributed by atoms with van der Waals surface area (Å²) in [5, 5.41) is 19.2. The molecular weight excluding hydrogens is 232 g/mol. The topological polar surface area (TPSA) is 95.6 Å². The van der Waals surface area contributed by atoms with E-state index in [9.17, 15) is 4.79 Å². The number of aromatic nitrogens is 4. The van der Waals surface area contributed by atoms with E-state index in [0.29, 0.717) is 11.4 Å². The number of anilines is 1. The van der Waals surface area contributed by atoms with E-state index in [1.165, 1.54) is 0 Å². The molecule has 0 bridgehead atoms. The molecular formula is C11H14N6O. The van der Waals surface area contributed by atoms with Gasteiger partial charge in [0.1, 0.15) is 0 Å². The summed E-state index contributed by atoms with van der Waals surface area (Å²) in [5.74, 6) is 0.266. The molecule has 0 radical (unpaired) electrons. The van der Waals surface area contributed by atoms with Crippen molar-refractivity contribution < 1.29 is 4.79 Å². The highest BCUT2D eigenvalue weighted by Crippen LogP contribution is 2.15. The van der Waals surface area contributed by atoms with Crippen molar-refractivity contribution >= 4 is 11.6 Å². The number of H-pyrrole nitrogens is 1. The predicted molar refractivity (Wildman–Crippen MR) is 66.0 cm³/mol. The van der Waals surface area contributed by atoms with Crippen LogP contribution in [0.1, 0.15) is 29.1 Å². The second-order valence-electron chi connectivity index (χ2n) is 3.76. The molecule has 0 aliphatic rings. The maximum atomic E-state index is 12.1. The molecule has 18 heavy (non-hydrogen) atoms. The van der Waals surface area contributed by atoms with Gasteiger partial charge in [0.15, 0.2) is 5.82 Å². The zero-order valence-corrected chi connectivity index (χ0v) is 10.1. The minimum atomic E-state index is -0.304. The van der Waals surface area contributed by atoms with Gasteiger partial charge in [0.05, 0.1) is 11.6 Å². The molecule has 1 aromatic heterocycles. The van der Waals surface area contributed by atoms with Crippen LogP contribution in [0.5, 0.6) is 0 Å². The molecule has 0 saturated carbocycles.